The van der Waals surface area contributed by atoms with Gasteiger partial charge in [-0.3, -0.25) is 9.59 Å². The summed E-state index contributed by atoms with van der Waals surface area (Å²) in [7, 11) is 3.32. The second-order valence-corrected chi connectivity index (χ2v) is 5.08. The molecule has 0 spiro atoms. The summed E-state index contributed by atoms with van der Waals surface area (Å²) < 4.78 is 0. The zero-order valence-corrected chi connectivity index (χ0v) is 12.2. The van der Waals surface area contributed by atoms with Gasteiger partial charge in [0.25, 0.3) is 0 Å². The quantitative estimate of drug-likeness (QED) is 0.690. The molecular weight excluding hydrogens is 248 g/mol. The lowest BCUT2D eigenvalue weighted by Gasteiger charge is -2.25. The number of hydrogen-bond acceptors (Lipinski definition) is 3. The van der Waals surface area contributed by atoms with Gasteiger partial charge in [-0.05, 0) is 19.8 Å². The molecule has 6 nitrogen and oxygen atoms in total. The van der Waals surface area contributed by atoms with E-state index >= 15 is 0 Å². The SMILES string of the molecule is CCCC(C)(NC(=O)CCCC(=O)N(C)C)C(=O)O. The molecular formula is C13H24N2O4. The van der Waals surface area contributed by atoms with E-state index in [9.17, 15) is 14.4 Å². The molecule has 0 fully saturated rings. The van der Waals surface area contributed by atoms with Crippen LogP contribution in [0.2, 0.25) is 0 Å². The third kappa shape index (κ3) is 6.22. The van der Waals surface area contributed by atoms with Gasteiger partial charge in [-0.2, -0.15) is 0 Å². The van der Waals surface area contributed by atoms with Gasteiger partial charge in [-0.1, -0.05) is 13.3 Å². The highest BCUT2D eigenvalue weighted by atomic mass is 16.4. The number of aliphatic carboxylic acids is 1. The molecule has 2 amide bonds. The second kappa shape index (κ2) is 7.76. The van der Waals surface area contributed by atoms with E-state index in [0.717, 1.165) is 0 Å². The highest BCUT2D eigenvalue weighted by molar-refractivity contribution is 5.86. The summed E-state index contributed by atoms with van der Waals surface area (Å²) in [6.45, 7) is 3.37. The zero-order chi connectivity index (χ0) is 15.1. The summed E-state index contributed by atoms with van der Waals surface area (Å²) in [4.78, 5) is 35.6. The lowest BCUT2D eigenvalue weighted by Crippen LogP contribution is -2.52. The minimum absolute atomic E-state index is 0.0395. The number of carbonyl (C=O) groups excluding carboxylic acids is 2. The Hall–Kier alpha value is -1.59. The fourth-order valence-corrected chi connectivity index (χ4v) is 1.72. The predicted molar refractivity (Wildman–Crippen MR) is 71.6 cm³/mol. The predicted octanol–water partition coefficient (Wildman–Crippen LogP) is 1.00. The van der Waals surface area contributed by atoms with Crippen molar-refractivity contribution in [1.82, 2.24) is 10.2 Å². The van der Waals surface area contributed by atoms with Crippen molar-refractivity contribution >= 4 is 17.8 Å². The minimum atomic E-state index is -1.22. The number of nitrogens with one attached hydrogen (secondary N) is 1. The molecule has 2 N–H and O–H groups in total. The number of rotatable bonds is 8. The number of carboxylic acid groups (broad SMARTS) is 1. The molecule has 0 bridgehead atoms. The molecule has 0 radical (unpaired) electrons. The number of nitrogens with zero attached hydrogens (tertiary/aromatic N) is 1. The second-order valence-electron chi connectivity index (χ2n) is 5.08. The molecule has 0 aromatic heterocycles. The average Bonchev–Trinajstić information content (AvgIpc) is 2.28. The standard InChI is InChI=1S/C13H24N2O4/c1-5-9-13(2,12(18)19)14-10(16)7-6-8-11(17)15(3)4/h5-9H2,1-4H3,(H,14,16)(H,18,19). The van der Waals surface area contributed by atoms with Gasteiger partial charge in [0, 0.05) is 26.9 Å². The maximum absolute atomic E-state index is 11.7. The van der Waals surface area contributed by atoms with Crippen LogP contribution in [-0.2, 0) is 14.4 Å². The molecule has 6 heteroatoms. The maximum Gasteiger partial charge on any atom is 0.329 e. The number of amides is 2. The first kappa shape index (κ1) is 17.4. The Morgan fingerprint density at radius 3 is 2.21 bits per heavy atom. The third-order valence-corrected chi connectivity index (χ3v) is 2.93. The molecule has 1 atom stereocenters. The summed E-state index contributed by atoms with van der Waals surface area (Å²) in [5.41, 5.74) is -1.22. The van der Waals surface area contributed by atoms with E-state index < -0.39 is 11.5 Å². The number of carboxylic acids is 1. The van der Waals surface area contributed by atoms with Crippen molar-refractivity contribution in [2.24, 2.45) is 0 Å². The van der Waals surface area contributed by atoms with E-state index in [1.54, 1.807) is 14.1 Å². The molecule has 0 saturated carbocycles. The smallest absolute Gasteiger partial charge is 0.329 e. The van der Waals surface area contributed by atoms with Crippen molar-refractivity contribution in [1.29, 1.82) is 0 Å². The lowest BCUT2D eigenvalue weighted by molar-refractivity contribution is -0.147. The minimum Gasteiger partial charge on any atom is -0.480 e. The molecule has 0 aromatic carbocycles. The van der Waals surface area contributed by atoms with Gasteiger partial charge >= 0.3 is 5.97 Å². The van der Waals surface area contributed by atoms with Crippen molar-refractivity contribution in [3.8, 4) is 0 Å². The van der Waals surface area contributed by atoms with Crippen molar-refractivity contribution in [2.45, 2.75) is 51.5 Å². The monoisotopic (exact) mass is 272 g/mol. The van der Waals surface area contributed by atoms with Crippen molar-refractivity contribution in [2.75, 3.05) is 14.1 Å². The largest absolute Gasteiger partial charge is 0.480 e. The molecule has 0 aliphatic heterocycles. The Morgan fingerprint density at radius 2 is 1.79 bits per heavy atom. The topological polar surface area (TPSA) is 86.7 Å². The molecule has 0 aliphatic rings. The van der Waals surface area contributed by atoms with Gasteiger partial charge in [-0.25, -0.2) is 4.79 Å². The molecule has 0 rings (SSSR count). The number of hydrogen-bond donors (Lipinski definition) is 2. The van der Waals surface area contributed by atoms with Crippen molar-refractivity contribution < 1.29 is 19.5 Å². The maximum atomic E-state index is 11.7. The van der Waals surface area contributed by atoms with Crippen molar-refractivity contribution in [3.05, 3.63) is 0 Å². The van der Waals surface area contributed by atoms with Gasteiger partial charge in [0.1, 0.15) is 5.54 Å². The Balaban J connectivity index is 4.22. The zero-order valence-electron chi connectivity index (χ0n) is 12.2. The highest BCUT2D eigenvalue weighted by Gasteiger charge is 2.33. The van der Waals surface area contributed by atoms with Gasteiger partial charge in [0.2, 0.25) is 11.8 Å². The Labute approximate surface area is 114 Å². The molecule has 0 aliphatic carbocycles. The fraction of sp³-hybridized carbons (Fsp3) is 0.769. The van der Waals surface area contributed by atoms with Gasteiger partial charge in [0.05, 0.1) is 0 Å². The lowest BCUT2D eigenvalue weighted by atomic mass is 9.96. The van der Waals surface area contributed by atoms with E-state index in [1.165, 1.54) is 11.8 Å². The van der Waals surface area contributed by atoms with Crippen LogP contribution < -0.4 is 5.32 Å². The van der Waals surface area contributed by atoms with E-state index in [2.05, 4.69) is 5.32 Å². The first-order valence-corrected chi connectivity index (χ1v) is 6.47. The summed E-state index contributed by atoms with van der Waals surface area (Å²) >= 11 is 0. The first-order chi connectivity index (χ1) is 8.73. The summed E-state index contributed by atoms with van der Waals surface area (Å²) in [5.74, 6) is -1.40. The first-order valence-electron chi connectivity index (χ1n) is 6.47. The molecule has 0 heterocycles. The van der Waals surface area contributed by atoms with Crippen LogP contribution in [0.4, 0.5) is 0 Å². The van der Waals surface area contributed by atoms with Crippen LogP contribution in [-0.4, -0.2) is 47.4 Å². The van der Waals surface area contributed by atoms with E-state index in [0.29, 0.717) is 19.3 Å². The van der Waals surface area contributed by atoms with Crippen LogP contribution >= 0.6 is 0 Å². The van der Waals surface area contributed by atoms with Crippen LogP contribution in [0, 0.1) is 0 Å². The van der Waals surface area contributed by atoms with Crippen LogP contribution in [0.25, 0.3) is 0 Å². The van der Waals surface area contributed by atoms with E-state index in [4.69, 9.17) is 5.11 Å². The summed E-state index contributed by atoms with van der Waals surface area (Å²) in [6, 6.07) is 0. The Bertz CT molecular complexity index is 342. The molecule has 19 heavy (non-hydrogen) atoms. The van der Waals surface area contributed by atoms with Crippen LogP contribution in [0.1, 0.15) is 46.0 Å². The fourth-order valence-electron chi connectivity index (χ4n) is 1.72. The van der Waals surface area contributed by atoms with E-state index in [-0.39, 0.29) is 24.7 Å². The van der Waals surface area contributed by atoms with Gasteiger partial charge in [-0.15, -0.1) is 0 Å². The normalized spacial score (nSPS) is 13.5. The molecule has 0 aromatic rings. The van der Waals surface area contributed by atoms with Gasteiger partial charge in [0.15, 0.2) is 0 Å². The highest BCUT2D eigenvalue weighted by Crippen LogP contribution is 2.13. The number of carbonyl (C=O) groups is 3. The summed E-state index contributed by atoms with van der Waals surface area (Å²) in [5, 5.41) is 11.7. The third-order valence-electron chi connectivity index (χ3n) is 2.93. The Kier molecular flexibility index (Phi) is 7.11. The van der Waals surface area contributed by atoms with E-state index in [1.807, 2.05) is 6.92 Å². The molecule has 0 saturated heterocycles. The molecule has 110 valence electrons. The average molecular weight is 272 g/mol. The van der Waals surface area contributed by atoms with Crippen LogP contribution in [0.3, 0.4) is 0 Å². The summed E-state index contributed by atoms with van der Waals surface area (Å²) in [6.07, 6.45) is 1.92. The van der Waals surface area contributed by atoms with Crippen LogP contribution in [0.5, 0.6) is 0 Å². The Morgan fingerprint density at radius 1 is 1.21 bits per heavy atom. The molecule has 1 unspecified atom stereocenters. The van der Waals surface area contributed by atoms with Crippen LogP contribution in [0.15, 0.2) is 0 Å². The van der Waals surface area contributed by atoms with Gasteiger partial charge < -0.3 is 15.3 Å². The van der Waals surface area contributed by atoms with Crippen molar-refractivity contribution in [3.63, 3.8) is 0 Å².